The molecule has 1 N–H and O–H groups in total. The first-order chi connectivity index (χ1) is 12.3. The second-order valence-electron chi connectivity index (χ2n) is 6.49. The number of benzene rings is 1. The highest BCUT2D eigenvalue weighted by Gasteiger charge is 2.50. The van der Waals surface area contributed by atoms with E-state index in [0.717, 1.165) is 5.56 Å². The van der Waals surface area contributed by atoms with Gasteiger partial charge in [0.2, 0.25) is 0 Å². The summed E-state index contributed by atoms with van der Waals surface area (Å²) in [6.07, 6.45) is -1.02. The Morgan fingerprint density at radius 2 is 1.88 bits per heavy atom. The Hall–Kier alpha value is -1.77. The number of imide groups is 1. The third-order valence-corrected chi connectivity index (χ3v) is 5.95. The van der Waals surface area contributed by atoms with Gasteiger partial charge >= 0.3 is 6.03 Å². The number of halogens is 1. The molecule has 2 heterocycles. The first-order valence-electron chi connectivity index (χ1n) is 8.23. The van der Waals surface area contributed by atoms with Crippen LogP contribution < -0.4 is 0 Å². The zero-order valence-electron chi connectivity index (χ0n) is 14.8. The van der Waals surface area contributed by atoms with E-state index in [4.69, 9.17) is 11.6 Å². The van der Waals surface area contributed by atoms with Gasteiger partial charge in [-0.05, 0) is 24.6 Å². The fourth-order valence-corrected chi connectivity index (χ4v) is 4.01. The van der Waals surface area contributed by atoms with Gasteiger partial charge in [0.05, 0.1) is 12.6 Å². The van der Waals surface area contributed by atoms with Crippen LogP contribution >= 0.6 is 23.4 Å². The fourth-order valence-electron chi connectivity index (χ4n) is 3.00. The van der Waals surface area contributed by atoms with E-state index in [1.165, 1.54) is 21.6 Å². The van der Waals surface area contributed by atoms with Crippen molar-refractivity contribution in [3.05, 3.63) is 34.9 Å². The van der Waals surface area contributed by atoms with Gasteiger partial charge < -0.3 is 14.9 Å². The molecule has 0 saturated carbocycles. The van der Waals surface area contributed by atoms with E-state index in [9.17, 15) is 14.7 Å². The number of likely N-dealkylation sites (N-methyl/N-ethyl adjacent to an activating group) is 2. The van der Waals surface area contributed by atoms with Crippen molar-refractivity contribution < 1.29 is 14.7 Å². The zero-order valence-corrected chi connectivity index (χ0v) is 16.4. The summed E-state index contributed by atoms with van der Waals surface area (Å²) in [5.74, 6) is 0.204. The van der Waals surface area contributed by atoms with Crippen molar-refractivity contribution >= 4 is 40.5 Å². The van der Waals surface area contributed by atoms with Gasteiger partial charge in [-0.15, -0.1) is 0 Å². The van der Waals surface area contributed by atoms with E-state index in [-0.39, 0.29) is 18.5 Å². The Bertz CT molecular complexity index is 740. The zero-order chi connectivity index (χ0) is 19.0. The van der Waals surface area contributed by atoms with Crippen molar-refractivity contribution in [3.8, 4) is 0 Å². The van der Waals surface area contributed by atoms with Crippen LogP contribution in [0.3, 0.4) is 0 Å². The fraction of sp³-hybridized carbons (Fsp3) is 0.471. The number of carbonyl (C=O) groups excluding carboxylic acids is 2. The van der Waals surface area contributed by atoms with Crippen LogP contribution in [0.5, 0.6) is 0 Å². The standard InChI is InChI=1S/C17H21ClN4O3S/c1-10(23)9-26-16-19-14-13(20(16)2)15(24)22(17(25)21(14)3)8-11-4-6-12(18)7-5-11/h4-7,10,13-14,23H,8-9H2,1-3H3. The maximum absolute atomic E-state index is 13.0. The molecule has 0 radical (unpaired) electrons. The summed E-state index contributed by atoms with van der Waals surface area (Å²) < 4.78 is 0. The average Bonchev–Trinajstić information content (AvgIpc) is 2.93. The molecule has 1 aromatic rings. The van der Waals surface area contributed by atoms with Crippen molar-refractivity contribution in [3.63, 3.8) is 0 Å². The molecule has 9 heteroatoms. The number of nitrogens with zero attached hydrogens (tertiary/aromatic N) is 4. The number of thioether (sulfide) groups is 1. The molecule has 2 aliphatic heterocycles. The molecule has 7 nitrogen and oxygen atoms in total. The lowest BCUT2D eigenvalue weighted by Gasteiger charge is -2.40. The Morgan fingerprint density at radius 3 is 2.50 bits per heavy atom. The van der Waals surface area contributed by atoms with Crippen molar-refractivity contribution in [1.82, 2.24) is 14.7 Å². The molecule has 26 heavy (non-hydrogen) atoms. The number of hydrogen-bond acceptors (Lipinski definition) is 6. The maximum atomic E-state index is 13.0. The van der Waals surface area contributed by atoms with Gasteiger partial charge in [-0.3, -0.25) is 9.69 Å². The normalized spacial score (nSPS) is 24.0. The van der Waals surface area contributed by atoms with Gasteiger partial charge in [0, 0.05) is 24.9 Å². The maximum Gasteiger partial charge on any atom is 0.328 e. The molecule has 0 bridgehead atoms. The number of aliphatic imine (C=N–C) groups is 1. The van der Waals surface area contributed by atoms with Crippen molar-refractivity contribution in [1.29, 1.82) is 0 Å². The molecule has 3 atom stereocenters. The van der Waals surface area contributed by atoms with Crippen LogP contribution in [0.2, 0.25) is 5.02 Å². The smallest absolute Gasteiger partial charge is 0.328 e. The Morgan fingerprint density at radius 1 is 1.23 bits per heavy atom. The first-order valence-corrected chi connectivity index (χ1v) is 9.60. The van der Waals surface area contributed by atoms with Crippen molar-refractivity contribution in [2.75, 3.05) is 19.8 Å². The van der Waals surface area contributed by atoms with Gasteiger partial charge in [0.15, 0.2) is 17.4 Å². The molecule has 3 unspecified atom stereocenters. The molecule has 0 aromatic heterocycles. The van der Waals surface area contributed by atoms with Gasteiger partial charge in [-0.1, -0.05) is 35.5 Å². The number of hydrogen-bond donors (Lipinski definition) is 1. The molecule has 0 aliphatic carbocycles. The molecule has 0 spiro atoms. The monoisotopic (exact) mass is 396 g/mol. The van der Waals surface area contributed by atoms with Gasteiger partial charge in [-0.25, -0.2) is 9.79 Å². The summed E-state index contributed by atoms with van der Waals surface area (Å²) in [5, 5.41) is 10.7. The van der Waals surface area contributed by atoms with E-state index in [0.29, 0.717) is 15.9 Å². The predicted octanol–water partition coefficient (Wildman–Crippen LogP) is 1.84. The number of amidine groups is 1. The minimum absolute atomic E-state index is 0.187. The molecule has 2 aliphatic rings. The number of aliphatic hydroxyl groups is 1. The Labute approximate surface area is 161 Å². The molecule has 140 valence electrons. The van der Waals surface area contributed by atoms with E-state index in [1.54, 1.807) is 50.2 Å². The SMILES string of the molecule is CC(O)CSC1=NC2C(C(=O)N(Cc3ccc(Cl)cc3)C(=O)N2C)N1C. The second kappa shape index (κ2) is 7.46. The summed E-state index contributed by atoms with van der Waals surface area (Å²) in [6.45, 7) is 1.89. The third-order valence-electron chi connectivity index (χ3n) is 4.40. The highest BCUT2D eigenvalue weighted by atomic mass is 35.5. The van der Waals surface area contributed by atoms with Crippen LogP contribution in [-0.2, 0) is 11.3 Å². The molecular weight excluding hydrogens is 376 g/mol. The van der Waals surface area contributed by atoms with Crippen molar-refractivity contribution in [2.24, 2.45) is 4.99 Å². The molecule has 1 aromatic carbocycles. The number of amides is 3. The minimum Gasteiger partial charge on any atom is -0.393 e. The van der Waals surface area contributed by atoms with Crippen molar-refractivity contribution in [2.45, 2.75) is 31.8 Å². The predicted molar refractivity (Wildman–Crippen MR) is 102 cm³/mol. The van der Waals surface area contributed by atoms with Gasteiger partial charge in [0.25, 0.3) is 5.91 Å². The summed E-state index contributed by atoms with van der Waals surface area (Å²) in [6, 6.07) is 6.14. The molecule has 3 rings (SSSR count). The van der Waals surface area contributed by atoms with Gasteiger partial charge in [0.1, 0.15) is 0 Å². The summed E-state index contributed by atoms with van der Waals surface area (Å²) in [4.78, 5) is 34.8. The quantitative estimate of drug-likeness (QED) is 0.840. The van der Waals surface area contributed by atoms with Gasteiger partial charge in [-0.2, -0.15) is 0 Å². The summed E-state index contributed by atoms with van der Waals surface area (Å²) in [5.41, 5.74) is 0.827. The van der Waals surface area contributed by atoms with E-state index < -0.39 is 18.3 Å². The lowest BCUT2D eigenvalue weighted by Crippen LogP contribution is -2.64. The van der Waals surface area contributed by atoms with Crippen LogP contribution in [-0.4, -0.2) is 75.1 Å². The Kier molecular flexibility index (Phi) is 5.45. The third kappa shape index (κ3) is 3.54. The van der Waals surface area contributed by atoms with E-state index >= 15 is 0 Å². The molecule has 1 saturated heterocycles. The van der Waals surface area contributed by atoms with Crippen LogP contribution in [0.1, 0.15) is 12.5 Å². The number of rotatable bonds is 4. The summed E-state index contributed by atoms with van der Waals surface area (Å²) >= 11 is 7.28. The number of fused-ring (bicyclic) bond motifs is 1. The minimum atomic E-state index is -0.554. The lowest BCUT2D eigenvalue weighted by molar-refractivity contribution is -0.137. The molecule has 3 amide bonds. The number of urea groups is 1. The summed E-state index contributed by atoms with van der Waals surface area (Å²) in [7, 11) is 3.45. The highest BCUT2D eigenvalue weighted by molar-refractivity contribution is 8.13. The lowest BCUT2D eigenvalue weighted by atomic mass is 10.1. The topological polar surface area (TPSA) is 76.4 Å². The molecule has 1 fully saturated rings. The van der Waals surface area contributed by atoms with Crippen LogP contribution in [0.4, 0.5) is 4.79 Å². The molecular formula is C17H21ClN4O3S. The highest BCUT2D eigenvalue weighted by Crippen LogP contribution is 2.31. The van der Waals surface area contributed by atoms with Crippen LogP contribution in [0, 0.1) is 0 Å². The van der Waals surface area contributed by atoms with E-state index in [2.05, 4.69) is 4.99 Å². The second-order valence-corrected chi connectivity index (χ2v) is 7.91. The first kappa shape index (κ1) is 19.0. The average molecular weight is 397 g/mol. The van der Waals surface area contributed by atoms with Crippen LogP contribution in [0.15, 0.2) is 29.3 Å². The van der Waals surface area contributed by atoms with E-state index in [1.807, 2.05) is 0 Å². The number of carbonyl (C=O) groups is 2. The van der Waals surface area contributed by atoms with Crippen LogP contribution in [0.25, 0.3) is 0 Å². The Balaban J connectivity index is 1.80. The largest absolute Gasteiger partial charge is 0.393 e. The number of aliphatic hydroxyl groups excluding tert-OH is 1.